The van der Waals surface area contributed by atoms with Crippen molar-refractivity contribution in [3.05, 3.63) is 24.2 Å². The number of carbonyl (C=O) groups is 2. The summed E-state index contributed by atoms with van der Waals surface area (Å²) >= 11 is 0. The first-order chi connectivity index (χ1) is 5.54. The van der Waals surface area contributed by atoms with E-state index < -0.39 is 6.16 Å². The van der Waals surface area contributed by atoms with Gasteiger partial charge in [-0.05, 0) is 12.1 Å². The molecule has 0 fully saturated rings. The second kappa shape index (κ2) is 8.45. The molecule has 2 N–H and O–H groups in total. The monoisotopic (exact) mass is 212 g/mol. The molecule has 1 rings (SSSR count). The number of carbonyl (C=O) groups excluding carboxylic acids is 1. The molecule has 0 aromatic carbocycles. The van der Waals surface area contributed by atoms with E-state index in [-0.39, 0.29) is 58.6 Å². The molecule has 0 spiro atoms. The zero-order valence-electron chi connectivity index (χ0n) is 8.35. The molecule has 0 unspecified atom stereocenters. The Balaban J connectivity index is -0.000000180. The third-order valence-electron chi connectivity index (χ3n) is 0.868. The average Bonchev–Trinajstić information content (AvgIpc) is 2.34. The number of ketones is 1. The summed E-state index contributed by atoms with van der Waals surface area (Å²) in [5, 5.41) is 13.9. The number of hydrogen-bond donors (Lipinski definition) is 2. The normalized spacial score (nSPS) is 7.46. The van der Waals surface area contributed by atoms with Crippen molar-refractivity contribution in [2.24, 2.45) is 0 Å². The van der Waals surface area contributed by atoms with Crippen molar-refractivity contribution in [3.63, 3.8) is 0 Å². The minimum Gasteiger partial charge on any atom is -1.00 e. The number of furan rings is 1. The molecule has 13 heavy (non-hydrogen) atoms. The van der Waals surface area contributed by atoms with Crippen LogP contribution in [0.1, 0.15) is 18.9 Å². The Morgan fingerprint density at radius 2 is 1.92 bits per heavy atom. The Kier molecular flexibility index (Phi) is 9.97. The minimum atomic E-state index is -1.83. The van der Waals surface area contributed by atoms with Gasteiger partial charge in [0.05, 0.1) is 6.26 Å². The number of carboxylic acid groups (broad SMARTS) is 2. The van der Waals surface area contributed by atoms with Crippen LogP contribution in [0.4, 0.5) is 4.79 Å². The first-order valence-electron chi connectivity index (χ1n) is 3.00. The van der Waals surface area contributed by atoms with Gasteiger partial charge in [-0.25, -0.2) is 4.79 Å². The predicted octanol–water partition coefficient (Wildman–Crippen LogP) is -1.18. The second-order valence-electron chi connectivity index (χ2n) is 1.82. The minimum absolute atomic E-state index is 0. The van der Waals surface area contributed by atoms with E-state index in [1.165, 1.54) is 13.2 Å². The third-order valence-corrected chi connectivity index (χ3v) is 0.868. The van der Waals surface area contributed by atoms with Crippen molar-refractivity contribution in [2.45, 2.75) is 6.92 Å². The maximum atomic E-state index is 10.4. The molecule has 5 nitrogen and oxygen atoms in total. The van der Waals surface area contributed by atoms with E-state index in [4.69, 9.17) is 19.4 Å². The summed E-state index contributed by atoms with van der Waals surface area (Å²) in [6.45, 7) is 1.47. The van der Waals surface area contributed by atoms with Crippen molar-refractivity contribution in [2.75, 3.05) is 0 Å². The molecule has 0 aliphatic carbocycles. The van der Waals surface area contributed by atoms with E-state index in [9.17, 15) is 4.79 Å². The topological polar surface area (TPSA) is 87.7 Å². The molecule has 0 atom stereocenters. The zero-order chi connectivity index (χ0) is 9.56. The Morgan fingerprint density at radius 3 is 2.08 bits per heavy atom. The Labute approximate surface area is 119 Å². The molecule has 1 aromatic heterocycles. The quantitative estimate of drug-likeness (QED) is 0.452. The first kappa shape index (κ1) is 15.3. The van der Waals surface area contributed by atoms with Crippen LogP contribution in [0.2, 0.25) is 0 Å². The van der Waals surface area contributed by atoms with Gasteiger partial charge in [-0.15, -0.1) is 0 Å². The summed E-state index contributed by atoms with van der Waals surface area (Å²) in [6.07, 6.45) is -0.350. The maximum absolute atomic E-state index is 10.4. The standard InChI is InChI=1S/C6H6O2.CH2O3.K.H/c1-5(7)6-3-2-4-8-6;2-1(3)4;;/h2-4H,1H3;(H2,2,3,4);;/q;;+1;-1. The van der Waals surface area contributed by atoms with E-state index in [0.717, 1.165) is 0 Å². The van der Waals surface area contributed by atoms with Gasteiger partial charge in [-0.1, -0.05) is 0 Å². The molecule has 0 aliphatic heterocycles. The van der Waals surface area contributed by atoms with Gasteiger partial charge in [-0.3, -0.25) is 4.79 Å². The van der Waals surface area contributed by atoms with Crippen LogP contribution in [0.3, 0.4) is 0 Å². The molecule has 0 aliphatic rings. The zero-order valence-corrected chi connectivity index (χ0v) is 10.5. The average molecular weight is 212 g/mol. The Bertz CT molecular complexity index is 255. The molecule has 0 bridgehead atoms. The van der Waals surface area contributed by atoms with Crippen molar-refractivity contribution in [1.29, 1.82) is 0 Å². The van der Waals surface area contributed by atoms with E-state index in [2.05, 4.69) is 0 Å². The molecule has 6 heteroatoms. The fourth-order valence-corrected chi connectivity index (χ4v) is 0.479. The van der Waals surface area contributed by atoms with Gasteiger partial charge in [0.1, 0.15) is 0 Å². The summed E-state index contributed by atoms with van der Waals surface area (Å²) in [5.74, 6) is 0.389. The van der Waals surface area contributed by atoms with Crippen LogP contribution < -0.4 is 51.4 Å². The fraction of sp³-hybridized carbons (Fsp3) is 0.143. The van der Waals surface area contributed by atoms with Gasteiger partial charge in [-0.2, -0.15) is 0 Å². The van der Waals surface area contributed by atoms with Crippen molar-refractivity contribution in [1.82, 2.24) is 0 Å². The van der Waals surface area contributed by atoms with Crippen LogP contribution in [-0.4, -0.2) is 22.2 Å². The molecule has 1 aromatic rings. The predicted molar refractivity (Wildman–Crippen MR) is 40.5 cm³/mol. The molecule has 68 valence electrons. The Hall–Kier alpha value is -0.144. The number of rotatable bonds is 1. The van der Waals surface area contributed by atoms with Crippen molar-refractivity contribution in [3.8, 4) is 0 Å². The van der Waals surface area contributed by atoms with E-state index in [0.29, 0.717) is 5.76 Å². The fourth-order valence-electron chi connectivity index (χ4n) is 0.479. The SMILES string of the molecule is CC(=O)c1ccco1.O=C(O)O.[H-].[K+]. The molecule has 0 amide bonds. The summed E-state index contributed by atoms with van der Waals surface area (Å²) in [6, 6.07) is 3.33. The van der Waals surface area contributed by atoms with Gasteiger partial charge < -0.3 is 16.1 Å². The molecule has 0 radical (unpaired) electrons. The van der Waals surface area contributed by atoms with Crippen molar-refractivity contribution >= 4 is 11.9 Å². The van der Waals surface area contributed by atoms with Crippen LogP contribution in [-0.2, 0) is 0 Å². The van der Waals surface area contributed by atoms with Crippen LogP contribution in [0, 0.1) is 0 Å². The van der Waals surface area contributed by atoms with E-state index >= 15 is 0 Å². The summed E-state index contributed by atoms with van der Waals surface area (Å²) in [7, 11) is 0. The van der Waals surface area contributed by atoms with Gasteiger partial charge in [0.25, 0.3) is 0 Å². The Morgan fingerprint density at radius 1 is 1.46 bits per heavy atom. The smallest absolute Gasteiger partial charge is 1.00 e. The van der Waals surface area contributed by atoms with Gasteiger partial charge >= 0.3 is 57.5 Å². The second-order valence-corrected chi connectivity index (χ2v) is 1.82. The first-order valence-corrected chi connectivity index (χ1v) is 3.00. The van der Waals surface area contributed by atoms with E-state index in [1.807, 2.05) is 0 Å². The molecule has 0 saturated heterocycles. The van der Waals surface area contributed by atoms with Crippen LogP contribution >= 0.6 is 0 Å². The van der Waals surface area contributed by atoms with Crippen LogP contribution in [0.25, 0.3) is 0 Å². The molecular formula is C7H9KO5. The summed E-state index contributed by atoms with van der Waals surface area (Å²) in [5.41, 5.74) is 0. The maximum Gasteiger partial charge on any atom is 1.00 e. The van der Waals surface area contributed by atoms with E-state index in [1.54, 1.807) is 12.1 Å². The van der Waals surface area contributed by atoms with Gasteiger partial charge in [0.15, 0.2) is 11.5 Å². The number of hydrogen-bond acceptors (Lipinski definition) is 3. The molecule has 0 saturated carbocycles. The largest absolute Gasteiger partial charge is 1.00 e. The van der Waals surface area contributed by atoms with Crippen LogP contribution in [0.5, 0.6) is 0 Å². The number of Topliss-reactive ketones (excluding diaryl/α,β-unsaturated/α-hetero) is 1. The molecular weight excluding hydrogens is 203 g/mol. The van der Waals surface area contributed by atoms with Gasteiger partial charge in [0.2, 0.25) is 0 Å². The van der Waals surface area contributed by atoms with Crippen molar-refractivity contribution < 1.29 is 77.0 Å². The summed E-state index contributed by atoms with van der Waals surface area (Å²) < 4.78 is 4.75. The van der Waals surface area contributed by atoms with Gasteiger partial charge in [0, 0.05) is 6.92 Å². The summed E-state index contributed by atoms with van der Waals surface area (Å²) in [4.78, 5) is 19.0. The third kappa shape index (κ3) is 9.77. The van der Waals surface area contributed by atoms with Crippen LogP contribution in [0.15, 0.2) is 22.8 Å². The molecule has 1 heterocycles.